The third kappa shape index (κ3) is 7.04. The van der Waals surface area contributed by atoms with E-state index in [1.54, 1.807) is 30.3 Å². The molecular weight excluding hydrogens is 540 g/mol. The van der Waals surface area contributed by atoms with E-state index in [0.717, 1.165) is 41.0 Å². The molecule has 9 nitrogen and oxygen atoms in total. The number of amides is 4. The molecule has 41 heavy (non-hydrogen) atoms. The van der Waals surface area contributed by atoms with Gasteiger partial charge in [0, 0.05) is 24.4 Å². The minimum Gasteiger partial charge on any atom is -0.484 e. The summed E-state index contributed by atoms with van der Waals surface area (Å²) in [6, 6.07) is 8.74. The summed E-state index contributed by atoms with van der Waals surface area (Å²) in [5.41, 5.74) is 1.02. The maximum absolute atomic E-state index is 12.6. The van der Waals surface area contributed by atoms with Gasteiger partial charge in [0.25, 0.3) is 17.7 Å². The van der Waals surface area contributed by atoms with E-state index in [1.165, 1.54) is 30.6 Å². The van der Waals surface area contributed by atoms with Crippen LogP contribution in [0.15, 0.2) is 30.3 Å². The summed E-state index contributed by atoms with van der Waals surface area (Å²) in [7, 11) is 0. The Labute approximate surface area is 244 Å². The van der Waals surface area contributed by atoms with Crippen LogP contribution < -0.4 is 20.7 Å². The van der Waals surface area contributed by atoms with Crippen LogP contribution in [0.2, 0.25) is 0 Å². The molecule has 1 aliphatic heterocycles. The zero-order valence-electron chi connectivity index (χ0n) is 23.6. The molecule has 218 valence electrons. The minimum absolute atomic E-state index is 0.103. The number of benzene rings is 1. The van der Waals surface area contributed by atoms with Crippen molar-refractivity contribution < 1.29 is 23.9 Å². The standard InChI is InChI=1S/C31H38N4O5S/c1-18-10-19-12-20(11-18)15-31(2,14-19)16-25(36)33-8-3-9-34-26(37)17-40-22-6-4-21(5-7-22)24-13-23-28(41-24)27(32)30(39)35-29(23)38/h4-7,13,18-20,32H,3,8-12,14-17H2,1-2H3,(H,33,36)(H,34,37)(H,35,38,39). The summed E-state index contributed by atoms with van der Waals surface area (Å²) in [5, 5.41) is 15.9. The molecule has 2 bridgehead atoms. The highest BCUT2D eigenvalue weighted by atomic mass is 32.1. The van der Waals surface area contributed by atoms with Crippen molar-refractivity contribution >= 4 is 40.7 Å². The van der Waals surface area contributed by atoms with Gasteiger partial charge in [-0.05, 0) is 97.6 Å². The third-order valence-corrected chi connectivity index (χ3v) is 9.65. The molecular formula is C31H38N4O5S. The van der Waals surface area contributed by atoms with Gasteiger partial charge in [0.1, 0.15) is 11.5 Å². The molecule has 2 unspecified atom stereocenters. The van der Waals surface area contributed by atoms with Crippen molar-refractivity contribution in [1.29, 1.82) is 5.41 Å². The maximum Gasteiger partial charge on any atom is 0.277 e. The first-order valence-corrected chi connectivity index (χ1v) is 15.3. The van der Waals surface area contributed by atoms with Gasteiger partial charge in [-0.3, -0.25) is 29.9 Å². The van der Waals surface area contributed by atoms with Crippen LogP contribution in [0.25, 0.3) is 10.4 Å². The lowest BCUT2D eigenvalue weighted by atomic mass is 9.58. The zero-order valence-corrected chi connectivity index (χ0v) is 24.5. The SMILES string of the molecule is CC1CC2CC(C1)CC(C)(CC(=O)NCCCNC(=O)COc1ccc(-c3cc4c(s3)C(=N)C(=O)NC4=O)cc1)C2. The Bertz CT molecular complexity index is 1330. The van der Waals surface area contributed by atoms with Crippen molar-refractivity contribution in [2.24, 2.45) is 23.2 Å². The first-order valence-electron chi connectivity index (χ1n) is 14.4. The second-order valence-corrected chi connectivity index (χ2v) is 13.4. The molecule has 4 N–H and O–H groups in total. The van der Waals surface area contributed by atoms with Crippen molar-refractivity contribution in [3.63, 3.8) is 0 Å². The average molecular weight is 579 g/mol. The van der Waals surface area contributed by atoms with Gasteiger partial charge in [0.15, 0.2) is 6.61 Å². The van der Waals surface area contributed by atoms with Crippen LogP contribution >= 0.6 is 11.3 Å². The fourth-order valence-electron chi connectivity index (χ4n) is 6.99. The highest BCUT2D eigenvalue weighted by molar-refractivity contribution is 7.18. The molecule has 0 spiro atoms. The van der Waals surface area contributed by atoms with Gasteiger partial charge in [0.2, 0.25) is 5.91 Å². The van der Waals surface area contributed by atoms with Crippen LogP contribution in [-0.4, -0.2) is 49.0 Å². The number of hydrogen-bond donors (Lipinski definition) is 4. The number of imide groups is 1. The predicted molar refractivity (Wildman–Crippen MR) is 157 cm³/mol. The van der Waals surface area contributed by atoms with E-state index in [2.05, 4.69) is 29.8 Å². The maximum atomic E-state index is 12.6. The van der Waals surface area contributed by atoms with E-state index < -0.39 is 11.8 Å². The molecule has 2 aromatic rings. The summed E-state index contributed by atoms with van der Waals surface area (Å²) in [5.74, 6) is 1.56. The van der Waals surface area contributed by atoms with Crippen LogP contribution in [0.1, 0.15) is 74.0 Å². The van der Waals surface area contributed by atoms with E-state index in [0.29, 0.717) is 42.1 Å². The number of hydrogen-bond acceptors (Lipinski definition) is 7. The molecule has 10 heteroatoms. The molecule has 3 aliphatic rings. The van der Waals surface area contributed by atoms with Gasteiger partial charge in [-0.2, -0.15) is 0 Å². The molecule has 2 atom stereocenters. The van der Waals surface area contributed by atoms with Gasteiger partial charge in [-0.25, -0.2) is 0 Å². The number of carbonyl (C=O) groups is 4. The minimum atomic E-state index is -0.691. The second kappa shape index (κ2) is 12.1. The third-order valence-electron chi connectivity index (χ3n) is 8.45. The summed E-state index contributed by atoms with van der Waals surface area (Å²) in [4.78, 5) is 49.7. The molecule has 2 heterocycles. The Morgan fingerprint density at radius 1 is 1.02 bits per heavy atom. The fraction of sp³-hybridized carbons (Fsp3) is 0.516. The van der Waals surface area contributed by atoms with E-state index in [4.69, 9.17) is 10.1 Å². The number of rotatable bonds is 10. The number of fused-ring (bicyclic) bond motifs is 3. The Morgan fingerprint density at radius 3 is 2.37 bits per heavy atom. The predicted octanol–water partition coefficient (Wildman–Crippen LogP) is 4.30. The molecule has 1 aromatic carbocycles. The Hall–Kier alpha value is -3.53. The van der Waals surface area contributed by atoms with Crippen molar-refractivity contribution in [2.45, 2.75) is 58.8 Å². The molecule has 5 rings (SSSR count). The monoisotopic (exact) mass is 578 g/mol. The van der Waals surface area contributed by atoms with Crippen molar-refractivity contribution in [3.05, 3.63) is 40.8 Å². The summed E-state index contributed by atoms with van der Waals surface area (Å²) in [6.07, 6.45) is 7.49. The van der Waals surface area contributed by atoms with Gasteiger partial charge in [-0.15, -0.1) is 11.3 Å². The van der Waals surface area contributed by atoms with Crippen molar-refractivity contribution in [1.82, 2.24) is 16.0 Å². The Kier molecular flexibility index (Phi) is 8.58. The normalized spacial score (nSPS) is 25.2. The van der Waals surface area contributed by atoms with E-state index in [9.17, 15) is 19.2 Å². The Balaban J connectivity index is 0.989. The summed E-state index contributed by atoms with van der Waals surface area (Å²) in [6.45, 7) is 5.49. The first kappa shape index (κ1) is 29.0. The van der Waals surface area contributed by atoms with Gasteiger partial charge in [0.05, 0.1) is 10.4 Å². The van der Waals surface area contributed by atoms with Crippen LogP contribution in [-0.2, 0) is 14.4 Å². The van der Waals surface area contributed by atoms with Crippen LogP contribution in [0, 0.1) is 28.6 Å². The van der Waals surface area contributed by atoms with E-state index in [1.807, 2.05) is 0 Å². The molecule has 2 fully saturated rings. The van der Waals surface area contributed by atoms with Crippen molar-refractivity contribution in [2.75, 3.05) is 19.7 Å². The van der Waals surface area contributed by atoms with Crippen LogP contribution in [0.4, 0.5) is 0 Å². The molecule has 2 aliphatic carbocycles. The lowest BCUT2D eigenvalue weighted by Crippen LogP contribution is -2.41. The molecule has 1 aromatic heterocycles. The van der Waals surface area contributed by atoms with E-state index >= 15 is 0 Å². The number of nitrogens with one attached hydrogen (secondary N) is 4. The molecule has 0 saturated heterocycles. The largest absolute Gasteiger partial charge is 0.484 e. The average Bonchev–Trinajstić information content (AvgIpc) is 3.36. The topological polar surface area (TPSA) is 137 Å². The Morgan fingerprint density at radius 2 is 1.68 bits per heavy atom. The van der Waals surface area contributed by atoms with Crippen LogP contribution in [0.5, 0.6) is 5.75 Å². The second-order valence-electron chi connectivity index (χ2n) is 12.3. The van der Waals surface area contributed by atoms with Crippen LogP contribution in [0.3, 0.4) is 0 Å². The highest BCUT2D eigenvalue weighted by Crippen LogP contribution is 2.51. The summed E-state index contributed by atoms with van der Waals surface area (Å²) < 4.78 is 5.60. The van der Waals surface area contributed by atoms with Gasteiger partial charge in [-0.1, -0.05) is 13.8 Å². The number of ether oxygens (including phenoxy) is 1. The first-order chi connectivity index (χ1) is 19.6. The number of thiophene rings is 1. The molecule has 2 saturated carbocycles. The smallest absolute Gasteiger partial charge is 0.277 e. The van der Waals surface area contributed by atoms with E-state index in [-0.39, 0.29) is 29.5 Å². The van der Waals surface area contributed by atoms with Crippen molar-refractivity contribution in [3.8, 4) is 16.2 Å². The lowest BCUT2D eigenvalue weighted by molar-refractivity contribution is -0.124. The zero-order chi connectivity index (χ0) is 29.1. The lowest BCUT2D eigenvalue weighted by Gasteiger charge is -2.47. The highest BCUT2D eigenvalue weighted by Gasteiger charge is 2.41. The summed E-state index contributed by atoms with van der Waals surface area (Å²) >= 11 is 1.22. The number of carbonyl (C=O) groups excluding carboxylic acids is 4. The quantitative estimate of drug-likeness (QED) is 0.246. The fourth-order valence-corrected chi connectivity index (χ4v) is 8.09. The van der Waals surface area contributed by atoms with Gasteiger partial charge >= 0.3 is 0 Å². The molecule has 0 radical (unpaired) electrons. The molecule has 4 amide bonds. The van der Waals surface area contributed by atoms with Gasteiger partial charge < -0.3 is 15.4 Å².